The topological polar surface area (TPSA) is 94.1 Å². The molecule has 3 aromatic rings. The van der Waals surface area contributed by atoms with Crippen LogP contribution in [0.5, 0.6) is 11.5 Å². The number of hydroxylamine groups is 1. The molecular weight excluding hydrogens is 415 g/mol. The van der Waals surface area contributed by atoms with Crippen molar-refractivity contribution in [2.24, 2.45) is 4.99 Å². The minimum absolute atomic E-state index is 0.134. The Balaban J connectivity index is 1.93. The fraction of sp³-hybridized carbons (Fsp3) is 0.174. The van der Waals surface area contributed by atoms with E-state index in [0.29, 0.717) is 28.4 Å². The van der Waals surface area contributed by atoms with Crippen LogP contribution in [0.1, 0.15) is 12.5 Å². The summed E-state index contributed by atoms with van der Waals surface area (Å²) in [5, 5.41) is 3.04. The second-order valence-corrected chi connectivity index (χ2v) is 6.53. The van der Waals surface area contributed by atoms with E-state index in [-0.39, 0.29) is 18.3 Å². The van der Waals surface area contributed by atoms with Gasteiger partial charge in [0.1, 0.15) is 23.1 Å². The number of anilines is 1. The molecule has 0 aliphatic rings. The molecule has 0 atom stereocenters. The number of methoxy groups -OCH3 is 2. The lowest BCUT2D eigenvalue weighted by atomic mass is 10.1. The zero-order valence-corrected chi connectivity index (χ0v) is 17.9. The smallest absolute Gasteiger partial charge is 0.329 e. The Labute approximate surface area is 185 Å². The van der Waals surface area contributed by atoms with E-state index in [9.17, 15) is 9.18 Å². The van der Waals surface area contributed by atoms with Gasteiger partial charge in [0.15, 0.2) is 0 Å². The molecule has 0 bridgehead atoms. The SMILES string of the molecule is COc1cccc(OC)c1CN=C(NOC(C)=O)Nc1ncccc1-c1ccc(F)cc1. The summed E-state index contributed by atoms with van der Waals surface area (Å²) in [6.45, 7) is 1.42. The third-order valence-electron chi connectivity index (χ3n) is 4.42. The van der Waals surface area contributed by atoms with E-state index in [1.807, 2.05) is 12.1 Å². The molecule has 1 heterocycles. The molecule has 1 aromatic heterocycles. The van der Waals surface area contributed by atoms with Crippen molar-refractivity contribution in [1.82, 2.24) is 10.5 Å². The van der Waals surface area contributed by atoms with Gasteiger partial charge >= 0.3 is 5.97 Å². The largest absolute Gasteiger partial charge is 0.496 e. The van der Waals surface area contributed by atoms with Crippen molar-refractivity contribution < 1.29 is 23.5 Å². The van der Waals surface area contributed by atoms with Crippen LogP contribution in [0.4, 0.5) is 10.2 Å². The van der Waals surface area contributed by atoms with E-state index in [4.69, 9.17) is 14.3 Å². The highest BCUT2D eigenvalue weighted by Gasteiger charge is 2.13. The maximum atomic E-state index is 13.3. The van der Waals surface area contributed by atoms with Crippen LogP contribution in [0.3, 0.4) is 0 Å². The van der Waals surface area contributed by atoms with Crippen molar-refractivity contribution >= 4 is 17.7 Å². The molecule has 2 aromatic carbocycles. The van der Waals surface area contributed by atoms with Crippen LogP contribution < -0.4 is 20.3 Å². The number of guanidine groups is 1. The summed E-state index contributed by atoms with van der Waals surface area (Å²) >= 11 is 0. The maximum Gasteiger partial charge on any atom is 0.329 e. The van der Waals surface area contributed by atoms with Gasteiger partial charge in [-0.2, -0.15) is 5.48 Å². The number of aromatic nitrogens is 1. The van der Waals surface area contributed by atoms with E-state index >= 15 is 0 Å². The summed E-state index contributed by atoms with van der Waals surface area (Å²) in [6.07, 6.45) is 1.60. The van der Waals surface area contributed by atoms with Gasteiger partial charge in [-0.1, -0.05) is 18.2 Å². The third kappa shape index (κ3) is 5.72. The van der Waals surface area contributed by atoms with Crippen molar-refractivity contribution in [2.75, 3.05) is 19.5 Å². The van der Waals surface area contributed by atoms with Crippen LogP contribution in [-0.2, 0) is 16.2 Å². The van der Waals surface area contributed by atoms with E-state index in [1.54, 1.807) is 50.7 Å². The predicted octanol–water partition coefficient (Wildman–Crippen LogP) is 3.94. The molecule has 8 nitrogen and oxygen atoms in total. The van der Waals surface area contributed by atoms with Crippen molar-refractivity contribution in [3.63, 3.8) is 0 Å². The van der Waals surface area contributed by atoms with Gasteiger partial charge in [0.05, 0.1) is 26.3 Å². The summed E-state index contributed by atoms with van der Waals surface area (Å²) in [5.41, 5.74) is 4.68. The molecular formula is C23H23FN4O4. The Hall–Kier alpha value is -4.14. The Kier molecular flexibility index (Phi) is 7.58. The van der Waals surface area contributed by atoms with E-state index in [2.05, 4.69) is 20.8 Å². The number of aliphatic imine (C=N–C) groups is 1. The Morgan fingerprint density at radius 3 is 2.34 bits per heavy atom. The van der Waals surface area contributed by atoms with Crippen LogP contribution in [-0.4, -0.2) is 31.1 Å². The molecule has 0 unspecified atom stereocenters. The van der Waals surface area contributed by atoms with Crippen LogP contribution in [0, 0.1) is 5.82 Å². The van der Waals surface area contributed by atoms with Crippen LogP contribution in [0.15, 0.2) is 65.8 Å². The molecule has 0 saturated heterocycles. The van der Waals surface area contributed by atoms with Crippen molar-refractivity contribution in [3.8, 4) is 22.6 Å². The average molecular weight is 438 g/mol. The fourth-order valence-corrected chi connectivity index (χ4v) is 2.94. The predicted molar refractivity (Wildman–Crippen MR) is 119 cm³/mol. The lowest BCUT2D eigenvalue weighted by molar-refractivity contribution is -0.145. The van der Waals surface area contributed by atoms with E-state index in [1.165, 1.54) is 19.1 Å². The summed E-state index contributed by atoms with van der Waals surface area (Å²) in [7, 11) is 3.11. The molecule has 0 amide bonds. The first-order chi connectivity index (χ1) is 15.5. The van der Waals surface area contributed by atoms with Crippen molar-refractivity contribution in [3.05, 3.63) is 72.2 Å². The lowest BCUT2D eigenvalue weighted by Crippen LogP contribution is -2.33. The number of halogens is 1. The first-order valence-corrected chi connectivity index (χ1v) is 9.67. The highest BCUT2D eigenvalue weighted by Crippen LogP contribution is 2.29. The molecule has 166 valence electrons. The van der Waals surface area contributed by atoms with Crippen molar-refractivity contribution in [2.45, 2.75) is 13.5 Å². The number of hydrogen-bond acceptors (Lipinski definition) is 6. The van der Waals surface area contributed by atoms with Gasteiger partial charge in [-0.3, -0.25) is 4.79 Å². The molecule has 3 rings (SSSR count). The number of carbonyl (C=O) groups excluding carboxylic acids is 1. The summed E-state index contributed by atoms with van der Waals surface area (Å²) in [6, 6.07) is 15.0. The molecule has 32 heavy (non-hydrogen) atoms. The Morgan fingerprint density at radius 1 is 1.03 bits per heavy atom. The number of nitrogens with zero attached hydrogens (tertiary/aromatic N) is 2. The number of benzene rings is 2. The molecule has 0 aliphatic heterocycles. The van der Waals surface area contributed by atoms with Gasteiger partial charge in [-0.15, -0.1) is 0 Å². The molecule has 0 fully saturated rings. The van der Waals surface area contributed by atoms with Gasteiger partial charge in [0.25, 0.3) is 0 Å². The molecule has 0 aliphatic carbocycles. The van der Waals surface area contributed by atoms with Crippen molar-refractivity contribution in [1.29, 1.82) is 0 Å². The van der Waals surface area contributed by atoms with Gasteiger partial charge in [-0.25, -0.2) is 14.4 Å². The monoisotopic (exact) mass is 438 g/mol. The molecule has 0 spiro atoms. The van der Waals surface area contributed by atoms with Gasteiger partial charge in [-0.05, 0) is 42.0 Å². The van der Waals surface area contributed by atoms with E-state index < -0.39 is 5.97 Å². The zero-order valence-electron chi connectivity index (χ0n) is 17.9. The summed E-state index contributed by atoms with van der Waals surface area (Å²) in [5.74, 6) is 0.889. The fourth-order valence-electron chi connectivity index (χ4n) is 2.94. The second-order valence-electron chi connectivity index (χ2n) is 6.53. The van der Waals surface area contributed by atoms with Gasteiger partial charge in [0.2, 0.25) is 5.96 Å². The number of rotatable bonds is 6. The molecule has 0 radical (unpaired) electrons. The number of ether oxygens (including phenoxy) is 2. The van der Waals surface area contributed by atoms with Crippen LogP contribution in [0.2, 0.25) is 0 Å². The van der Waals surface area contributed by atoms with Crippen LogP contribution >= 0.6 is 0 Å². The number of carbonyl (C=O) groups is 1. The highest BCUT2D eigenvalue weighted by atomic mass is 19.1. The summed E-state index contributed by atoms with van der Waals surface area (Å²) in [4.78, 5) is 25.1. The first kappa shape index (κ1) is 22.5. The number of hydrogen-bond donors (Lipinski definition) is 2. The van der Waals surface area contributed by atoms with E-state index in [0.717, 1.165) is 5.56 Å². The lowest BCUT2D eigenvalue weighted by Gasteiger charge is -2.15. The second kappa shape index (κ2) is 10.8. The quantitative estimate of drug-likeness (QED) is 0.342. The highest BCUT2D eigenvalue weighted by molar-refractivity contribution is 5.96. The maximum absolute atomic E-state index is 13.3. The van der Waals surface area contributed by atoms with Gasteiger partial charge in [0, 0.05) is 18.7 Å². The molecule has 0 saturated carbocycles. The summed E-state index contributed by atoms with van der Waals surface area (Å²) < 4.78 is 24.2. The Bertz CT molecular complexity index is 1080. The molecule has 9 heteroatoms. The molecule has 2 N–H and O–H groups in total. The Morgan fingerprint density at radius 2 is 1.72 bits per heavy atom. The number of pyridine rings is 1. The van der Waals surface area contributed by atoms with Crippen LogP contribution in [0.25, 0.3) is 11.1 Å². The third-order valence-corrected chi connectivity index (χ3v) is 4.42. The average Bonchev–Trinajstić information content (AvgIpc) is 2.81. The minimum Gasteiger partial charge on any atom is -0.496 e. The number of nitrogens with one attached hydrogen (secondary N) is 2. The first-order valence-electron chi connectivity index (χ1n) is 9.67. The zero-order chi connectivity index (χ0) is 22.9. The standard InChI is InChI=1S/C23H23FN4O4/c1-15(29)32-28-23(26-14-19-20(30-2)7-4-8-21(19)31-3)27-22-18(6-5-13-25-22)16-9-11-17(24)12-10-16/h4-13H,14H2,1-3H3,(H2,25,26,27,28). The normalized spacial score (nSPS) is 10.9. The minimum atomic E-state index is -0.547. The van der Waals surface area contributed by atoms with Gasteiger partial charge < -0.3 is 19.6 Å².